The molecule has 1 saturated heterocycles. The van der Waals surface area contributed by atoms with Gasteiger partial charge in [0, 0.05) is 24.5 Å². The highest BCUT2D eigenvalue weighted by Gasteiger charge is 2.17. The quantitative estimate of drug-likeness (QED) is 0.899. The lowest BCUT2D eigenvalue weighted by Gasteiger charge is -2.18. The largest absolute Gasteiger partial charge is 0.494 e. The molecule has 1 aliphatic heterocycles. The molecule has 0 bridgehead atoms. The van der Waals surface area contributed by atoms with Gasteiger partial charge in [-0.25, -0.2) is 12.8 Å². The van der Waals surface area contributed by atoms with E-state index in [9.17, 15) is 12.8 Å². The smallest absolute Gasteiger partial charge is 0.262 e. The summed E-state index contributed by atoms with van der Waals surface area (Å²) in [5, 5.41) is 0. The van der Waals surface area contributed by atoms with Gasteiger partial charge in [0.25, 0.3) is 10.0 Å². The molecule has 1 fully saturated rings. The highest BCUT2D eigenvalue weighted by Crippen LogP contribution is 2.25. The van der Waals surface area contributed by atoms with E-state index in [0.29, 0.717) is 5.69 Å². The molecular formula is C17H19FN2O3S. The van der Waals surface area contributed by atoms with Crippen molar-refractivity contribution in [3.8, 4) is 5.75 Å². The van der Waals surface area contributed by atoms with Crippen LogP contribution in [0.15, 0.2) is 47.4 Å². The molecule has 128 valence electrons. The van der Waals surface area contributed by atoms with Gasteiger partial charge in [0.2, 0.25) is 0 Å². The van der Waals surface area contributed by atoms with Crippen molar-refractivity contribution in [1.29, 1.82) is 0 Å². The van der Waals surface area contributed by atoms with Gasteiger partial charge in [0.05, 0.1) is 12.0 Å². The van der Waals surface area contributed by atoms with Gasteiger partial charge in [-0.2, -0.15) is 0 Å². The molecule has 0 aromatic heterocycles. The van der Waals surface area contributed by atoms with Crippen molar-refractivity contribution in [2.24, 2.45) is 0 Å². The molecule has 0 unspecified atom stereocenters. The maximum atomic E-state index is 13.7. The number of hydrogen-bond acceptors (Lipinski definition) is 4. The second-order valence-corrected chi connectivity index (χ2v) is 7.33. The molecular weight excluding hydrogens is 331 g/mol. The highest BCUT2D eigenvalue weighted by molar-refractivity contribution is 7.92. The Morgan fingerprint density at radius 1 is 1.08 bits per heavy atom. The minimum atomic E-state index is -3.85. The highest BCUT2D eigenvalue weighted by atomic mass is 32.2. The lowest BCUT2D eigenvalue weighted by molar-refractivity contribution is 0.385. The molecule has 2 aromatic carbocycles. The molecule has 1 heterocycles. The number of hydrogen-bond donors (Lipinski definition) is 1. The van der Waals surface area contributed by atoms with Gasteiger partial charge in [-0.15, -0.1) is 0 Å². The molecule has 0 spiro atoms. The number of anilines is 2. The number of halogens is 1. The molecule has 2 aromatic rings. The summed E-state index contributed by atoms with van der Waals surface area (Å²) in [6.45, 7) is 2.05. The zero-order chi connectivity index (χ0) is 17.2. The topological polar surface area (TPSA) is 58.6 Å². The number of benzene rings is 2. The van der Waals surface area contributed by atoms with Crippen molar-refractivity contribution in [2.45, 2.75) is 17.7 Å². The van der Waals surface area contributed by atoms with Crippen LogP contribution < -0.4 is 14.4 Å². The maximum absolute atomic E-state index is 13.7. The number of nitrogens with one attached hydrogen (secondary N) is 1. The number of methoxy groups -OCH3 is 1. The Morgan fingerprint density at radius 2 is 1.75 bits per heavy atom. The minimum absolute atomic E-state index is 0.00363. The van der Waals surface area contributed by atoms with Gasteiger partial charge < -0.3 is 9.64 Å². The van der Waals surface area contributed by atoms with E-state index < -0.39 is 15.8 Å². The van der Waals surface area contributed by atoms with Crippen molar-refractivity contribution >= 4 is 21.4 Å². The molecule has 0 amide bonds. The Balaban J connectivity index is 1.77. The lowest BCUT2D eigenvalue weighted by atomic mass is 10.2. The monoisotopic (exact) mass is 350 g/mol. The molecule has 5 nitrogen and oxygen atoms in total. The number of sulfonamides is 1. The fourth-order valence-electron chi connectivity index (χ4n) is 2.74. The summed E-state index contributed by atoms with van der Waals surface area (Å²) in [6, 6.07) is 10.7. The second kappa shape index (κ2) is 6.68. The second-order valence-electron chi connectivity index (χ2n) is 5.64. The molecule has 1 N–H and O–H groups in total. The van der Waals surface area contributed by atoms with E-state index in [0.717, 1.165) is 24.8 Å². The Bertz CT molecular complexity index is 816. The summed E-state index contributed by atoms with van der Waals surface area (Å²) < 4.78 is 45.7. The standard InChI is InChI=1S/C17H19FN2O3S/c1-23-17-9-8-15(12-16(17)18)24(21,22)19-13-4-6-14(7-5-13)20-10-2-3-11-20/h4-9,12,19H,2-3,10-11H2,1H3. The number of rotatable bonds is 5. The van der Waals surface area contributed by atoms with Crippen molar-refractivity contribution in [3.63, 3.8) is 0 Å². The average molecular weight is 350 g/mol. The van der Waals surface area contributed by atoms with E-state index in [2.05, 4.69) is 9.62 Å². The Morgan fingerprint density at radius 3 is 2.33 bits per heavy atom. The predicted molar refractivity (Wildman–Crippen MR) is 91.6 cm³/mol. The van der Waals surface area contributed by atoms with Gasteiger partial charge in [-0.3, -0.25) is 4.72 Å². The zero-order valence-electron chi connectivity index (χ0n) is 13.3. The summed E-state index contributed by atoms with van der Waals surface area (Å²) in [5.41, 5.74) is 1.51. The van der Waals surface area contributed by atoms with Gasteiger partial charge in [0.15, 0.2) is 11.6 Å². The zero-order valence-corrected chi connectivity index (χ0v) is 14.1. The Labute approximate surface area is 141 Å². The third-order valence-electron chi connectivity index (χ3n) is 4.02. The van der Waals surface area contributed by atoms with Gasteiger partial charge >= 0.3 is 0 Å². The van der Waals surface area contributed by atoms with E-state index >= 15 is 0 Å². The van der Waals surface area contributed by atoms with Crippen LogP contribution >= 0.6 is 0 Å². The van der Waals surface area contributed by atoms with Gasteiger partial charge in [-0.1, -0.05) is 0 Å². The number of ether oxygens (including phenoxy) is 1. The van der Waals surface area contributed by atoms with Crippen LogP contribution in [0.3, 0.4) is 0 Å². The molecule has 3 rings (SSSR count). The van der Waals surface area contributed by atoms with E-state index in [1.54, 1.807) is 12.1 Å². The van der Waals surface area contributed by atoms with E-state index in [-0.39, 0.29) is 10.6 Å². The molecule has 24 heavy (non-hydrogen) atoms. The van der Waals surface area contributed by atoms with Gasteiger partial charge in [0.1, 0.15) is 0 Å². The summed E-state index contributed by atoms with van der Waals surface area (Å²) in [7, 11) is -2.53. The molecule has 7 heteroatoms. The fraction of sp³-hybridized carbons (Fsp3) is 0.294. The van der Waals surface area contributed by atoms with Crippen molar-refractivity contribution in [1.82, 2.24) is 0 Å². The molecule has 0 radical (unpaired) electrons. The van der Waals surface area contributed by atoms with E-state index in [1.165, 1.54) is 32.1 Å². The van der Waals surface area contributed by atoms with Crippen LogP contribution in [0.4, 0.5) is 15.8 Å². The number of nitrogens with zero attached hydrogens (tertiary/aromatic N) is 1. The summed E-state index contributed by atoms with van der Waals surface area (Å²) in [4.78, 5) is 2.11. The first-order valence-corrected chi connectivity index (χ1v) is 9.19. The average Bonchev–Trinajstić information content (AvgIpc) is 3.09. The van der Waals surface area contributed by atoms with E-state index in [1.807, 2.05) is 12.1 Å². The third kappa shape index (κ3) is 3.46. The van der Waals surface area contributed by atoms with Crippen LogP contribution in [0.1, 0.15) is 12.8 Å². The summed E-state index contributed by atoms with van der Waals surface area (Å²) in [5.74, 6) is -0.714. The predicted octanol–water partition coefficient (Wildman–Crippen LogP) is 3.24. The molecule has 0 saturated carbocycles. The maximum Gasteiger partial charge on any atom is 0.262 e. The molecule has 0 atom stereocenters. The van der Waals surface area contributed by atoms with Crippen LogP contribution in [0.25, 0.3) is 0 Å². The van der Waals surface area contributed by atoms with Crippen molar-refractivity contribution in [3.05, 3.63) is 48.3 Å². The van der Waals surface area contributed by atoms with Crippen LogP contribution in [-0.4, -0.2) is 28.6 Å². The van der Waals surface area contributed by atoms with Crippen molar-refractivity contribution < 1.29 is 17.5 Å². The van der Waals surface area contributed by atoms with Gasteiger partial charge in [-0.05, 0) is 55.3 Å². The fourth-order valence-corrected chi connectivity index (χ4v) is 3.81. The van der Waals surface area contributed by atoms with Crippen LogP contribution in [0, 0.1) is 5.82 Å². The first kappa shape index (κ1) is 16.6. The normalized spacial score (nSPS) is 14.7. The van der Waals surface area contributed by atoms with Crippen LogP contribution in [-0.2, 0) is 10.0 Å². The lowest BCUT2D eigenvalue weighted by Crippen LogP contribution is -2.17. The molecule has 1 aliphatic rings. The first-order chi connectivity index (χ1) is 11.5. The van der Waals surface area contributed by atoms with Crippen molar-refractivity contribution in [2.75, 3.05) is 29.8 Å². The summed E-state index contributed by atoms with van der Waals surface area (Å²) >= 11 is 0. The van der Waals surface area contributed by atoms with Crippen LogP contribution in [0.2, 0.25) is 0 Å². The SMILES string of the molecule is COc1ccc(S(=O)(=O)Nc2ccc(N3CCCC3)cc2)cc1F. The Hall–Kier alpha value is -2.28. The van der Waals surface area contributed by atoms with Crippen LogP contribution in [0.5, 0.6) is 5.75 Å². The van der Waals surface area contributed by atoms with E-state index in [4.69, 9.17) is 4.74 Å². The third-order valence-corrected chi connectivity index (χ3v) is 5.40. The molecule has 0 aliphatic carbocycles. The minimum Gasteiger partial charge on any atom is -0.494 e. The first-order valence-electron chi connectivity index (χ1n) is 7.71. The Kier molecular flexibility index (Phi) is 4.62. The summed E-state index contributed by atoms with van der Waals surface area (Å²) in [6.07, 6.45) is 2.36.